The topological polar surface area (TPSA) is 97.0 Å². The van der Waals surface area contributed by atoms with Gasteiger partial charge >= 0.3 is 5.97 Å². The van der Waals surface area contributed by atoms with Crippen LogP contribution in [0.3, 0.4) is 0 Å². The minimum absolute atomic E-state index is 0.102. The highest BCUT2D eigenvalue weighted by Crippen LogP contribution is 2.42. The lowest BCUT2D eigenvalue weighted by Crippen LogP contribution is -2.29. The van der Waals surface area contributed by atoms with Crippen molar-refractivity contribution >= 4 is 45.0 Å². The van der Waals surface area contributed by atoms with Crippen LogP contribution in [0.1, 0.15) is 33.3 Å². The van der Waals surface area contributed by atoms with Gasteiger partial charge < -0.3 is 14.3 Å². The van der Waals surface area contributed by atoms with Crippen LogP contribution in [0, 0.1) is 6.92 Å². The van der Waals surface area contributed by atoms with Crippen molar-refractivity contribution in [3.63, 3.8) is 0 Å². The first kappa shape index (κ1) is 21.6. The van der Waals surface area contributed by atoms with Gasteiger partial charge in [0.2, 0.25) is 0 Å². The van der Waals surface area contributed by atoms with E-state index in [1.807, 2.05) is 6.92 Å². The van der Waals surface area contributed by atoms with Crippen molar-refractivity contribution in [2.45, 2.75) is 13.0 Å². The molecule has 3 aromatic rings. The third kappa shape index (κ3) is 3.62. The number of Topliss-reactive ketones (excluding diaryl/α,β-unsaturated/α-hetero) is 1. The van der Waals surface area contributed by atoms with E-state index in [4.69, 9.17) is 9.15 Å². The number of ether oxygens (including phenoxy) is 1. The van der Waals surface area contributed by atoms with Crippen LogP contribution in [0.25, 0.3) is 5.76 Å². The van der Waals surface area contributed by atoms with Crippen LogP contribution in [-0.2, 0) is 14.3 Å². The SMILES string of the molecule is COC(=O)c1cccc(N2C(=O)C(=O)/C(=C(\O)c3ccc(Br)c(C)c3)C2c2ccco2)c1. The number of nitrogens with zero attached hydrogens (tertiary/aromatic N) is 1. The average Bonchev–Trinajstić information content (AvgIpc) is 3.41. The second-order valence-corrected chi connectivity index (χ2v) is 8.04. The zero-order valence-corrected chi connectivity index (χ0v) is 18.8. The average molecular weight is 496 g/mol. The summed E-state index contributed by atoms with van der Waals surface area (Å²) >= 11 is 3.41. The van der Waals surface area contributed by atoms with Gasteiger partial charge in [-0.3, -0.25) is 14.5 Å². The molecular weight excluding hydrogens is 478 g/mol. The molecule has 1 amide bonds. The Morgan fingerprint density at radius 2 is 1.88 bits per heavy atom. The predicted molar refractivity (Wildman–Crippen MR) is 120 cm³/mol. The lowest BCUT2D eigenvalue weighted by Gasteiger charge is -2.23. The molecule has 1 fully saturated rings. The van der Waals surface area contributed by atoms with E-state index in [2.05, 4.69) is 15.9 Å². The van der Waals surface area contributed by atoms with Crippen molar-refractivity contribution < 1.29 is 28.6 Å². The minimum Gasteiger partial charge on any atom is -0.507 e. The van der Waals surface area contributed by atoms with Crippen molar-refractivity contribution in [1.29, 1.82) is 0 Å². The number of carbonyl (C=O) groups is 3. The Morgan fingerprint density at radius 3 is 2.53 bits per heavy atom. The monoisotopic (exact) mass is 495 g/mol. The van der Waals surface area contributed by atoms with Crippen molar-refractivity contribution in [1.82, 2.24) is 0 Å². The summed E-state index contributed by atoms with van der Waals surface area (Å²) in [6.45, 7) is 1.85. The van der Waals surface area contributed by atoms with Gasteiger partial charge in [-0.2, -0.15) is 0 Å². The fraction of sp³-hybridized carbons (Fsp3) is 0.125. The number of methoxy groups -OCH3 is 1. The lowest BCUT2D eigenvalue weighted by atomic mass is 9.98. The molecule has 7 nitrogen and oxygen atoms in total. The Bertz CT molecular complexity index is 1260. The van der Waals surface area contributed by atoms with Crippen molar-refractivity contribution in [3.05, 3.63) is 93.4 Å². The number of hydrogen-bond donors (Lipinski definition) is 1. The third-order valence-electron chi connectivity index (χ3n) is 5.23. The minimum atomic E-state index is -1.01. The molecule has 0 bridgehead atoms. The number of ketones is 1. The lowest BCUT2D eigenvalue weighted by molar-refractivity contribution is -0.132. The molecule has 2 heterocycles. The highest BCUT2D eigenvalue weighted by Gasteiger charge is 2.48. The standard InChI is InChI=1S/C24H18BrNO6/c1-13-11-14(8-9-17(13)25)21(27)19-20(18-7-4-10-32-18)26(23(29)22(19)28)16-6-3-5-15(12-16)24(30)31-2/h3-12,20,27H,1-2H3/b21-19-. The molecule has 8 heteroatoms. The molecule has 162 valence electrons. The molecule has 2 aromatic carbocycles. The Kier molecular flexibility index (Phi) is 5.71. The Morgan fingerprint density at radius 1 is 1.09 bits per heavy atom. The number of amides is 1. The number of aryl methyl sites for hydroxylation is 1. The highest BCUT2D eigenvalue weighted by molar-refractivity contribution is 9.10. The van der Waals surface area contributed by atoms with Gasteiger partial charge in [0.1, 0.15) is 17.6 Å². The Labute approximate surface area is 192 Å². The summed E-state index contributed by atoms with van der Waals surface area (Å²) in [5.41, 5.74) is 1.65. The van der Waals surface area contributed by atoms with Crippen LogP contribution >= 0.6 is 15.9 Å². The summed E-state index contributed by atoms with van der Waals surface area (Å²) in [4.78, 5) is 39.4. The maximum atomic E-state index is 13.1. The molecule has 0 saturated carbocycles. The molecule has 1 aromatic heterocycles. The number of esters is 1. The molecule has 0 aliphatic carbocycles. The van der Waals surface area contributed by atoms with Gasteiger partial charge in [0.05, 0.1) is 24.5 Å². The molecule has 32 heavy (non-hydrogen) atoms. The summed E-state index contributed by atoms with van der Waals surface area (Å²) < 4.78 is 11.1. The number of hydrogen-bond acceptors (Lipinski definition) is 6. The second-order valence-electron chi connectivity index (χ2n) is 7.19. The molecule has 1 saturated heterocycles. The smallest absolute Gasteiger partial charge is 0.337 e. The Hall–Kier alpha value is -3.65. The molecule has 1 aliphatic rings. The summed E-state index contributed by atoms with van der Waals surface area (Å²) in [6.07, 6.45) is 1.42. The highest BCUT2D eigenvalue weighted by atomic mass is 79.9. The maximum Gasteiger partial charge on any atom is 0.337 e. The molecule has 1 N–H and O–H groups in total. The van der Waals surface area contributed by atoms with Crippen LogP contribution in [-0.4, -0.2) is 29.9 Å². The number of aliphatic hydroxyl groups is 1. The van der Waals surface area contributed by atoms with Gasteiger partial charge in [-0.25, -0.2) is 4.79 Å². The van der Waals surface area contributed by atoms with E-state index in [0.29, 0.717) is 17.0 Å². The zero-order chi connectivity index (χ0) is 23.0. The number of aliphatic hydroxyl groups excluding tert-OH is 1. The van der Waals surface area contributed by atoms with E-state index in [1.165, 1.54) is 24.3 Å². The first-order chi connectivity index (χ1) is 15.3. The normalized spacial score (nSPS) is 17.6. The first-order valence-electron chi connectivity index (χ1n) is 9.62. The zero-order valence-electron chi connectivity index (χ0n) is 17.2. The van der Waals surface area contributed by atoms with Crippen LogP contribution in [0.2, 0.25) is 0 Å². The fourth-order valence-electron chi connectivity index (χ4n) is 3.66. The number of furan rings is 1. The summed E-state index contributed by atoms with van der Waals surface area (Å²) in [5.74, 6) is -2.30. The van der Waals surface area contributed by atoms with Gasteiger partial charge in [0.25, 0.3) is 11.7 Å². The number of halogens is 1. The van der Waals surface area contributed by atoms with Gasteiger partial charge in [-0.05, 0) is 55.0 Å². The van der Waals surface area contributed by atoms with Crippen molar-refractivity contribution in [3.8, 4) is 0 Å². The first-order valence-corrected chi connectivity index (χ1v) is 10.4. The van der Waals surface area contributed by atoms with Crippen molar-refractivity contribution in [2.75, 3.05) is 12.0 Å². The van der Waals surface area contributed by atoms with Gasteiger partial charge in [0, 0.05) is 15.7 Å². The van der Waals surface area contributed by atoms with E-state index in [0.717, 1.165) is 10.0 Å². The summed E-state index contributed by atoms with van der Waals surface area (Å²) in [5, 5.41) is 11.1. The summed E-state index contributed by atoms with van der Waals surface area (Å²) in [6, 6.07) is 13.5. The van der Waals surface area contributed by atoms with Crippen LogP contribution < -0.4 is 4.90 Å². The second kappa shape index (κ2) is 8.47. The fourth-order valence-corrected chi connectivity index (χ4v) is 3.91. The van der Waals surface area contributed by atoms with Gasteiger partial charge in [-0.1, -0.05) is 28.1 Å². The number of rotatable bonds is 4. The molecule has 1 unspecified atom stereocenters. The third-order valence-corrected chi connectivity index (χ3v) is 6.12. The number of carbonyl (C=O) groups excluding carboxylic acids is 3. The quantitative estimate of drug-likeness (QED) is 0.242. The number of benzene rings is 2. The molecule has 4 rings (SSSR count). The van der Waals surface area contributed by atoms with Crippen LogP contribution in [0.4, 0.5) is 5.69 Å². The maximum absolute atomic E-state index is 13.1. The largest absolute Gasteiger partial charge is 0.507 e. The van der Waals surface area contributed by atoms with E-state index in [-0.39, 0.29) is 16.9 Å². The molecule has 0 radical (unpaired) electrons. The van der Waals surface area contributed by atoms with Crippen LogP contribution in [0.15, 0.2) is 75.3 Å². The molecule has 1 aliphatic heterocycles. The summed E-state index contributed by atoms with van der Waals surface area (Å²) in [7, 11) is 1.25. The number of anilines is 1. The van der Waals surface area contributed by atoms with E-state index in [1.54, 1.807) is 48.5 Å². The van der Waals surface area contributed by atoms with Crippen LogP contribution in [0.5, 0.6) is 0 Å². The Balaban J connectivity index is 1.91. The molecule has 1 atom stereocenters. The molecule has 0 spiro atoms. The van der Waals surface area contributed by atoms with E-state index < -0.39 is 23.7 Å². The van der Waals surface area contributed by atoms with Crippen molar-refractivity contribution in [2.24, 2.45) is 0 Å². The predicted octanol–water partition coefficient (Wildman–Crippen LogP) is 4.76. The van der Waals surface area contributed by atoms with E-state index >= 15 is 0 Å². The molecular formula is C24H18BrNO6. The van der Waals surface area contributed by atoms with E-state index in [9.17, 15) is 19.5 Å². The van der Waals surface area contributed by atoms with Gasteiger partial charge in [-0.15, -0.1) is 0 Å². The van der Waals surface area contributed by atoms with Gasteiger partial charge in [0.15, 0.2) is 0 Å².